The lowest BCUT2D eigenvalue weighted by Gasteiger charge is -2.32. The molecule has 33 heavy (non-hydrogen) atoms. The van der Waals surface area contributed by atoms with E-state index in [1.54, 1.807) is 35.4 Å². The first-order valence-electron chi connectivity index (χ1n) is 10.8. The summed E-state index contributed by atoms with van der Waals surface area (Å²) >= 11 is 0. The molecule has 0 spiro atoms. The number of halogens is 1. The number of nitrogens with one attached hydrogen (secondary N) is 1. The van der Waals surface area contributed by atoms with Crippen LogP contribution in [-0.4, -0.2) is 66.2 Å². The molecule has 174 valence electrons. The van der Waals surface area contributed by atoms with E-state index in [0.717, 1.165) is 0 Å². The minimum atomic E-state index is -0.594. The fourth-order valence-electron chi connectivity index (χ4n) is 3.86. The number of aromatic nitrogens is 1. The lowest BCUT2D eigenvalue weighted by atomic mass is 10.1. The molecule has 1 aromatic heterocycles. The average molecular weight is 456 g/mol. The molecule has 4 rings (SSSR count). The highest BCUT2D eigenvalue weighted by molar-refractivity contribution is 5.92. The van der Waals surface area contributed by atoms with Gasteiger partial charge in [-0.3, -0.25) is 19.5 Å². The van der Waals surface area contributed by atoms with Crippen molar-refractivity contribution in [2.75, 3.05) is 31.1 Å². The molecular formula is C23H25FN4O5. The van der Waals surface area contributed by atoms with Gasteiger partial charge in [-0.25, -0.2) is 9.18 Å². The summed E-state index contributed by atoms with van der Waals surface area (Å²) in [6.45, 7) is 2.78. The van der Waals surface area contributed by atoms with Crippen LogP contribution in [0.2, 0.25) is 0 Å². The maximum absolute atomic E-state index is 14.7. The van der Waals surface area contributed by atoms with Crippen molar-refractivity contribution in [3.05, 3.63) is 54.1 Å². The Morgan fingerprint density at radius 3 is 2.70 bits per heavy atom. The monoisotopic (exact) mass is 456 g/mol. The van der Waals surface area contributed by atoms with E-state index in [2.05, 4.69) is 10.3 Å². The zero-order valence-corrected chi connectivity index (χ0v) is 18.2. The topological polar surface area (TPSA) is 101 Å². The standard InChI is InChI=1S/C23H25FN4O5/c1-15(29)26-13-18-14-28(23(31)33-18)16-5-6-21(19(24)12-16)32-17-7-10-27(11-8-17)22(30)20-4-2-3-9-25-20/h2-6,9,12,17-18H,7-8,10-11,13-14H2,1H3,(H,26,29)/t18-/m0/s1. The maximum atomic E-state index is 14.7. The number of hydrogen-bond acceptors (Lipinski definition) is 6. The summed E-state index contributed by atoms with van der Waals surface area (Å²) in [6, 6.07) is 9.53. The number of carbonyl (C=O) groups excluding carboxylic acids is 3. The Morgan fingerprint density at radius 2 is 2.03 bits per heavy atom. The molecule has 2 fully saturated rings. The minimum absolute atomic E-state index is 0.0932. The van der Waals surface area contributed by atoms with Gasteiger partial charge in [-0.05, 0) is 24.3 Å². The zero-order valence-electron chi connectivity index (χ0n) is 18.2. The highest BCUT2D eigenvalue weighted by atomic mass is 19.1. The molecule has 1 aromatic carbocycles. The van der Waals surface area contributed by atoms with Crippen molar-refractivity contribution in [2.24, 2.45) is 0 Å². The molecule has 0 unspecified atom stereocenters. The second-order valence-corrected chi connectivity index (χ2v) is 7.99. The normalized spacial score (nSPS) is 18.7. The van der Waals surface area contributed by atoms with E-state index in [1.165, 1.54) is 24.0 Å². The van der Waals surface area contributed by atoms with Crippen LogP contribution in [0.3, 0.4) is 0 Å². The summed E-state index contributed by atoms with van der Waals surface area (Å²) in [4.78, 5) is 42.8. The second kappa shape index (κ2) is 9.85. The Hall–Kier alpha value is -3.69. The number of amides is 3. The Kier molecular flexibility index (Phi) is 6.71. The molecule has 0 radical (unpaired) electrons. The summed E-state index contributed by atoms with van der Waals surface area (Å²) in [5, 5.41) is 2.60. The Labute approximate surface area is 190 Å². The number of benzene rings is 1. The summed E-state index contributed by atoms with van der Waals surface area (Å²) in [7, 11) is 0. The molecular weight excluding hydrogens is 431 g/mol. The lowest BCUT2D eigenvalue weighted by molar-refractivity contribution is -0.119. The number of rotatable bonds is 6. The fraction of sp³-hybridized carbons (Fsp3) is 0.391. The second-order valence-electron chi connectivity index (χ2n) is 7.99. The smallest absolute Gasteiger partial charge is 0.414 e. The Morgan fingerprint density at radius 1 is 1.24 bits per heavy atom. The molecule has 1 atom stereocenters. The van der Waals surface area contributed by atoms with Gasteiger partial charge in [-0.15, -0.1) is 0 Å². The molecule has 10 heteroatoms. The maximum Gasteiger partial charge on any atom is 0.414 e. The number of nitrogens with zero attached hydrogens (tertiary/aromatic N) is 3. The first kappa shape index (κ1) is 22.5. The van der Waals surface area contributed by atoms with Gasteiger partial charge in [0, 0.05) is 45.1 Å². The minimum Gasteiger partial charge on any atom is -0.487 e. The van der Waals surface area contributed by atoms with Gasteiger partial charge >= 0.3 is 6.09 Å². The number of hydrogen-bond donors (Lipinski definition) is 1. The zero-order chi connectivity index (χ0) is 23.4. The van der Waals surface area contributed by atoms with Crippen molar-refractivity contribution in [1.29, 1.82) is 0 Å². The molecule has 9 nitrogen and oxygen atoms in total. The summed E-state index contributed by atoms with van der Waals surface area (Å²) in [6.07, 6.45) is 1.41. The Bertz CT molecular complexity index is 1030. The number of anilines is 1. The molecule has 2 aromatic rings. The van der Waals surface area contributed by atoms with Crippen LogP contribution in [0.15, 0.2) is 42.6 Å². The van der Waals surface area contributed by atoms with Crippen LogP contribution in [0, 0.1) is 5.82 Å². The number of carbonyl (C=O) groups is 3. The average Bonchev–Trinajstić information content (AvgIpc) is 3.20. The third kappa shape index (κ3) is 5.39. The van der Waals surface area contributed by atoms with Gasteiger partial charge in [0.1, 0.15) is 17.9 Å². The van der Waals surface area contributed by atoms with Gasteiger partial charge in [0.05, 0.1) is 18.8 Å². The molecule has 0 aliphatic carbocycles. The van der Waals surface area contributed by atoms with E-state index in [0.29, 0.717) is 37.3 Å². The van der Waals surface area contributed by atoms with Gasteiger partial charge in [0.25, 0.3) is 5.91 Å². The van der Waals surface area contributed by atoms with E-state index in [-0.39, 0.29) is 36.8 Å². The highest BCUT2D eigenvalue weighted by Crippen LogP contribution is 2.29. The first-order chi connectivity index (χ1) is 15.9. The summed E-state index contributed by atoms with van der Waals surface area (Å²) in [5.74, 6) is -0.837. The molecule has 2 aliphatic heterocycles. The number of ether oxygens (including phenoxy) is 2. The van der Waals surface area contributed by atoms with E-state index in [4.69, 9.17) is 9.47 Å². The van der Waals surface area contributed by atoms with Crippen LogP contribution >= 0.6 is 0 Å². The largest absolute Gasteiger partial charge is 0.487 e. The van der Waals surface area contributed by atoms with Crippen LogP contribution < -0.4 is 15.0 Å². The van der Waals surface area contributed by atoms with Crippen molar-refractivity contribution < 1.29 is 28.2 Å². The molecule has 1 N–H and O–H groups in total. The van der Waals surface area contributed by atoms with Crippen molar-refractivity contribution in [3.63, 3.8) is 0 Å². The van der Waals surface area contributed by atoms with Crippen molar-refractivity contribution >= 4 is 23.6 Å². The third-order valence-corrected chi connectivity index (χ3v) is 5.59. The quantitative estimate of drug-likeness (QED) is 0.716. The first-order valence-corrected chi connectivity index (χ1v) is 10.8. The molecule has 0 bridgehead atoms. The lowest BCUT2D eigenvalue weighted by Crippen LogP contribution is -2.42. The Balaban J connectivity index is 1.32. The highest BCUT2D eigenvalue weighted by Gasteiger charge is 2.33. The van der Waals surface area contributed by atoms with E-state index < -0.39 is 18.0 Å². The van der Waals surface area contributed by atoms with Crippen LogP contribution in [0.1, 0.15) is 30.3 Å². The molecule has 0 saturated carbocycles. The van der Waals surface area contributed by atoms with Gasteiger partial charge in [0.15, 0.2) is 11.6 Å². The number of pyridine rings is 1. The van der Waals surface area contributed by atoms with Crippen LogP contribution in [0.5, 0.6) is 5.75 Å². The van der Waals surface area contributed by atoms with Crippen molar-refractivity contribution in [2.45, 2.75) is 32.0 Å². The molecule has 3 heterocycles. The van der Waals surface area contributed by atoms with Crippen LogP contribution in [-0.2, 0) is 9.53 Å². The van der Waals surface area contributed by atoms with Gasteiger partial charge in [-0.2, -0.15) is 0 Å². The van der Waals surface area contributed by atoms with E-state index in [1.807, 2.05) is 0 Å². The van der Waals surface area contributed by atoms with Crippen molar-refractivity contribution in [1.82, 2.24) is 15.2 Å². The molecule has 3 amide bonds. The molecule has 2 aliphatic rings. The number of cyclic esters (lactones) is 1. The van der Waals surface area contributed by atoms with Gasteiger partial charge < -0.3 is 19.7 Å². The number of likely N-dealkylation sites (tertiary alicyclic amines) is 1. The number of piperidine rings is 1. The molecule has 2 saturated heterocycles. The summed E-state index contributed by atoms with van der Waals surface area (Å²) in [5.41, 5.74) is 0.754. The van der Waals surface area contributed by atoms with Crippen LogP contribution in [0.4, 0.5) is 14.9 Å². The van der Waals surface area contributed by atoms with Gasteiger partial charge in [-0.1, -0.05) is 6.07 Å². The third-order valence-electron chi connectivity index (χ3n) is 5.59. The van der Waals surface area contributed by atoms with E-state index in [9.17, 15) is 18.8 Å². The van der Waals surface area contributed by atoms with Crippen molar-refractivity contribution in [3.8, 4) is 5.75 Å². The fourth-order valence-corrected chi connectivity index (χ4v) is 3.86. The predicted molar refractivity (Wildman–Crippen MR) is 116 cm³/mol. The summed E-state index contributed by atoms with van der Waals surface area (Å²) < 4.78 is 25.8. The SMILES string of the molecule is CC(=O)NC[C@H]1CN(c2ccc(OC3CCN(C(=O)c4ccccn4)CC3)c(F)c2)C(=O)O1. The van der Waals surface area contributed by atoms with Crippen LogP contribution in [0.25, 0.3) is 0 Å². The van der Waals surface area contributed by atoms with E-state index >= 15 is 0 Å². The van der Waals surface area contributed by atoms with Gasteiger partial charge in [0.2, 0.25) is 5.91 Å². The predicted octanol–water partition coefficient (Wildman–Crippen LogP) is 2.37.